The Balaban J connectivity index is 1.88. The van der Waals surface area contributed by atoms with Gasteiger partial charge in [-0.15, -0.1) is 0 Å². The quantitative estimate of drug-likeness (QED) is 0.590. The molecule has 2 aromatic carbocycles. The summed E-state index contributed by atoms with van der Waals surface area (Å²) in [5, 5.41) is 3.81. The first-order valence-corrected chi connectivity index (χ1v) is 6.35. The van der Waals surface area contributed by atoms with Gasteiger partial charge in [-0.2, -0.15) is 0 Å². The third kappa shape index (κ3) is 4.56. The van der Waals surface area contributed by atoms with Crippen molar-refractivity contribution in [2.24, 2.45) is 5.16 Å². The molecule has 0 heterocycles. The van der Waals surface area contributed by atoms with E-state index in [0.29, 0.717) is 5.56 Å². The molecule has 0 fully saturated rings. The van der Waals surface area contributed by atoms with Crippen LogP contribution in [0.2, 0.25) is 0 Å². The summed E-state index contributed by atoms with van der Waals surface area (Å²) >= 11 is 0. The van der Waals surface area contributed by atoms with Crippen LogP contribution in [0.4, 0.5) is 8.78 Å². The van der Waals surface area contributed by atoms with Crippen LogP contribution in [-0.4, -0.2) is 13.3 Å². The number of methoxy groups -OCH3 is 1. The first-order chi connectivity index (χ1) is 10.2. The number of halogens is 2. The normalized spacial score (nSPS) is 11.0. The van der Waals surface area contributed by atoms with E-state index in [2.05, 4.69) is 5.16 Å². The van der Waals surface area contributed by atoms with Crippen LogP contribution in [0.25, 0.3) is 0 Å². The molecule has 0 aliphatic heterocycles. The highest BCUT2D eigenvalue weighted by Gasteiger charge is 2.06. The van der Waals surface area contributed by atoms with E-state index in [-0.39, 0.29) is 12.2 Å². The van der Waals surface area contributed by atoms with Crippen molar-refractivity contribution < 1.29 is 18.4 Å². The van der Waals surface area contributed by atoms with Crippen molar-refractivity contribution in [1.82, 2.24) is 0 Å². The molecule has 0 aliphatic carbocycles. The Morgan fingerprint density at radius 3 is 2.57 bits per heavy atom. The number of nitrogens with zero attached hydrogens (tertiary/aromatic N) is 1. The molecule has 0 saturated carbocycles. The monoisotopic (exact) mass is 291 g/mol. The van der Waals surface area contributed by atoms with Crippen molar-refractivity contribution in [2.75, 3.05) is 7.11 Å². The molecule has 21 heavy (non-hydrogen) atoms. The number of rotatable bonds is 6. The van der Waals surface area contributed by atoms with Gasteiger partial charge in [0.05, 0.1) is 13.3 Å². The lowest BCUT2D eigenvalue weighted by Gasteiger charge is -2.03. The van der Waals surface area contributed by atoms with Gasteiger partial charge in [-0.05, 0) is 41.5 Å². The van der Waals surface area contributed by atoms with Crippen molar-refractivity contribution in [3.8, 4) is 5.75 Å². The van der Waals surface area contributed by atoms with Gasteiger partial charge in [-0.1, -0.05) is 23.4 Å². The van der Waals surface area contributed by atoms with Crippen LogP contribution < -0.4 is 4.74 Å². The molecule has 110 valence electrons. The smallest absolute Gasteiger partial charge is 0.263 e. The maximum absolute atomic E-state index is 12.5. The van der Waals surface area contributed by atoms with E-state index in [0.717, 1.165) is 11.3 Å². The molecule has 0 spiro atoms. The number of alkyl halides is 2. The Morgan fingerprint density at radius 1 is 1.14 bits per heavy atom. The molecule has 0 bridgehead atoms. The van der Waals surface area contributed by atoms with Crippen LogP contribution in [0.5, 0.6) is 5.75 Å². The number of oxime groups is 1. The SMILES string of the molecule is COc1ccc(C=NOCc2cccc(C(F)F)c2)cc1. The van der Waals surface area contributed by atoms with Gasteiger partial charge in [-0.25, -0.2) is 8.78 Å². The Hall–Kier alpha value is -2.43. The summed E-state index contributed by atoms with van der Waals surface area (Å²) < 4.78 is 30.1. The second-order valence-electron chi connectivity index (χ2n) is 4.33. The molecular formula is C16H15F2NO2. The summed E-state index contributed by atoms with van der Waals surface area (Å²) in [4.78, 5) is 5.11. The van der Waals surface area contributed by atoms with Crippen LogP contribution in [-0.2, 0) is 11.4 Å². The molecule has 3 nitrogen and oxygen atoms in total. The van der Waals surface area contributed by atoms with Crippen LogP contribution in [0.15, 0.2) is 53.7 Å². The van der Waals surface area contributed by atoms with Gasteiger partial charge in [-0.3, -0.25) is 0 Å². The largest absolute Gasteiger partial charge is 0.497 e. The molecule has 0 atom stereocenters. The maximum atomic E-state index is 12.5. The van der Waals surface area contributed by atoms with Crippen molar-refractivity contribution in [3.63, 3.8) is 0 Å². The summed E-state index contributed by atoms with van der Waals surface area (Å²) in [6.45, 7) is 0.146. The molecule has 0 saturated heterocycles. The minimum absolute atomic E-state index is 0.0183. The fraction of sp³-hybridized carbons (Fsp3) is 0.188. The highest BCUT2D eigenvalue weighted by Crippen LogP contribution is 2.19. The minimum atomic E-state index is -2.48. The number of benzene rings is 2. The molecule has 5 heteroatoms. The summed E-state index contributed by atoms with van der Waals surface area (Å²) in [6, 6.07) is 13.4. The molecular weight excluding hydrogens is 276 g/mol. The Labute approximate surface area is 121 Å². The van der Waals surface area contributed by atoms with Gasteiger partial charge < -0.3 is 9.57 Å². The zero-order valence-corrected chi connectivity index (χ0v) is 11.5. The summed E-state index contributed by atoms with van der Waals surface area (Å²) in [6.07, 6.45) is -0.927. The standard InChI is InChI=1S/C16H15F2NO2/c1-20-15-7-5-12(6-8-15)10-19-21-11-13-3-2-4-14(9-13)16(17)18/h2-10,16H,11H2,1H3. The number of ether oxygens (including phenoxy) is 1. The second-order valence-corrected chi connectivity index (χ2v) is 4.33. The lowest BCUT2D eigenvalue weighted by Crippen LogP contribution is -1.91. The van der Waals surface area contributed by atoms with E-state index in [1.165, 1.54) is 12.1 Å². The van der Waals surface area contributed by atoms with E-state index in [4.69, 9.17) is 9.57 Å². The highest BCUT2D eigenvalue weighted by atomic mass is 19.3. The van der Waals surface area contributed by atoms with Crippen LogP contribution in [0.1, 0.15) is 23.1 Å². The van der Waals surface area contributed by atoms with Gasteiger partial charge in [0, 0.05) is 5.56 Å². The van der Waals surface area contributed by atoms with Crippen molar-refractivity contribution in [3.05, 3.63) is 65.2 Å². The van der Waals surface area contributed by atoms with Gasteiger partial charge in [0.25, 0.3) is 6.43 Å². The Morgan fingerprint density at radius 2 is 1.90 bits per heavy atom. The van der Waals surface area contributed by atoms with Crippen LogP contribution in [0.3, 0.4) is 0 Å². The summed E-state index contributed by atoms with van der Waals surface area (Å²) in [7, 11) is 1.60. The van der Waals surface area contributed by atoms with Gasteiger partial charge >= 0.3 is 0 Å². The molecule has 0 unspecified atom stereocenters. The van der Waals surface area contributed by atoms with E-state index < -0.39 is 6.43 Å². The second kappa shape index (κ2) is 7.38. The molecule has 0 aliphatic rings. The van der Waals surface area contributed by atoms with Gasteiger partial charge in [0.1, 0.15) is 12.4 Å². The fourth-order valence-corrected chi connectivity index (χ4v) is 1.72. The predicted octanol–water partition coefficient (Wildman–Crippen LogP) is 4.18. The molecule has 2 aromatic rings. The van der Waals surface area contributed by atoms with E-state index in [1.54, 1.807) is 25.5 Å². The maximum Gasteiger partial charge on any atom is 0.263 e. The zero-order chi connectivity index (χ0) is 15.1. The topological polar surface area (TPSA) is 30.8 Å². The molecule has 0 amide bonds. The Kier molecular flexibility index (Phi) is 5.26. The average Bonchev–Trinajstić information content (AvgIpc) is 2.52. The van der Waals surface area contributed by atoms with Gasteiger partial charge in [0.15, 0.2) is 0 Å². The highest BCUT2D eigenvalue weighted by molar-refractivity contribution is 5.79. The first kappa shape index (κ1) is 15.0. The van der Waals surface area contributed by atoms with Crippen LogP contribution in [0, 0.1) is 0 Å². The van der Waals surface area contributed by atoms with Gasteiger partial charge in [0.2, 0.25) is 0 Å². The molecule has 0 aromatic heterocycles. The van der Waals surface area contributed by atoms with E-state index >= 15 is 0 Å². The molecule has 2 rings (SSSR count). The first-order valence-electron chi connectivity index (χ1n) is 6.35. The zero-order valence-electron chi connectivity index (χ0n) is 11.5. The predicted molar refractivity (Wildman–Crippen MR) is 76.8 cm³/mol. The molecule has 0 radical (unpaired) electrons. The number of hydrogen-bond acceptors (Lipinski definition) is 3. The Bertz CT molecular complexity index is 597. The number of hydrogen-bond donors (Lipinski definition) is 0. The van der Waals surface area contributed by atoms with Crippen LogP contribution >= 0.6 is 0 Å². The van der Waals surface area contributed by atoms with E-state index in [1.807, 2.05) is 24.3 Å². The van der Waals surface area contributed by atoms with Crippen molar-refractivity contribution >= 4 is 6.21 Å². The molecule has 0 N–H and O–H groups in total. The average molecular weight is 291 g/mol. The van der Waals surface area contributed by atoms with Crippen molar-refractivity contribution in [2.45, 2.75) is 13.0 Å². The third-order valence-corrected chi connectivity index (χ3v) is 2.83. The van der Waals surface area contributed by atoms with Crippen molar-refractivity contribution in [1.29, 1.82) is 0 Å². The minimum Gasteiger partial charge on any atom is -0.497 e. The lowest BCUT2D eigenvalue weighted by atomic mass is 10.1. The van der Waals surface area contributed by atoms with E-state index in [9.17, 15) is 8.78 Å². The summed E-state index contributed by atoms with van der Waals surface area (Å²) in [5.74, 6) is 0.761. The summed E-state index contributed by atoms with van der Waals surface area (Å²) in [5.41, 5.74) is 1.49. The fourth-order valence-electron chi connectivity index (χ4n) is 1.72. The lowest BCUT2D eigenvalue weighted by molar-refractivity contribution is 0.130. The third-order valence-electron chi connectivity index (χ3n) is 2.83.